The van der Waals surface area contributed by atoms with E-state index in [1.54, 1.807) is 20.8 Å². The second kappa shape index (κ2) is 7.12. The van der Waals surface area contributed by atoms with Crippen LogP contribution in [0.25, 0.3) is 0 Å². The summed E-state index contributed by atoms with van der Waals surface area (Å²) in [6.45, 7) is 5.28. The largest absolute Gasteiger partial charge is 0.449 e. The molecule has 0 unspecified atom stereocenters. The summed E-state index contributed by atoms with van der Waals surface area (Å²) in [6, 6.07) is 0. The highest BCUT2D eigenvalue weighted by molar-refractivity contribution is 5.92. The van der Waals surface area contributed by atoms with E-state index >= 15 is 0 Å². The second-order valence-corrected chi connectivity index (χ2v) is 4.77. The molecule has 1 fully saturated rings. The molecule has 0 bridgehead atoms. The fourth-order valence-electron chi connectivity index (χ4n) is 2.21. The fourth-order valence-corrected chi connectivity index (χ4v) is 2.21. The van der Waals surface area contributed by atoms with Crippen molar-refractivity contribution in [2.45, 2.75) is 52.0 Å². The van der Waals surface area contributed by atoms with Gasteiger partial charge in [-0.05, 0) is 33.6 Å². The third-order valence-corrected chi connectivity index (χ3v) is 3.34. The number of hydrogen-bond donors (Lipinski definition) is 1. The Morgan fingerprint density at radius 3 is 2.45 bits per heavy atom. The van der Waals surface area contributed by atoms with Gasteiger partial charge in [-0.15, -0.1) is 0 Å². The van der Waals surface area contributed by atoms with Gasteiger partial charge in [0.2, 0.25) is 0 Å². The predicted octanol–water partition coefficient (Wildman–Crippen LogP) is 2.01. The number of hydrogen-bond acceptors (Lipinski definition) is 5. The quantitative estimate of drug-likeness (QED) is 0.802. The first kappa shape index (κ1) is 16.3. The molecule has 1 N–H and O–H groups in total. The summed E-state index contributed by atoms with van der Waals surface area (Å²) in [7, 11) is 0. The number of nitrogens with one attached hydrogen (secondary N) is 1. The van der Waals surface area contributed by atoms with Crippen molar-refractivity contribution in [1.82, 2.24) is 10.4 Å². The number of carbonyl (C=O) groups is 3. The van der Waals surface area contributed by atoms with E-state index in [2.05, 4.69) is 5.43 Å². The molecule has 0 heterocycles. The summed E-state index contributed by atoms with van der Waals surface area (Å²) in [5, 5.41) is 0.968. The highest BCUT2D eigenvalue weighted by atomic mass is 16.6. The van der Waals surface area contributed by atoms with E-state index in [1.165, 1.54) is 0 Å². The van der Waals surface area contributed by atoms with E-state index in [0.29, 0.717) is 12.8 Å². The van der Waals surface area contributed by atoms with Gasteiger partial charge in [-0.2, -0.15) is 0 Å². The molecule has 0 aliphatic heterocycles. The Bertz CT molecular complexity index is 385. The van der Waals surface area contributed by atoms with Crippen LogP contribution in [-0.2, 0) is 14.3 Å². The summed E-state index contributed by atoms with van der Waals surface area (Å²) in [5.74, 6) is -0.0893. The summed E-state index contributed by atoms with van der Waals surface area (Å²) < 4.78 is 9.68. The molecule has 7 heteroatoms. The fraction of sp³-hybridized carbons (Fsp3) is 0.769. The molecule has 7 nitrogen and oxygen atoms in total. The van der Waals surface area contributed by atoms with Gasteiger partial charge in [-0.25, -0.2) is 20.0 Å². The van der Waals surface area contributed by atoms with Gasteiger partial charge in [0.15, 0.2) is 5.78 Å². The first-order chi connectivity index (χ1) is 9.45. The second-order valence-electron chi connectivity index (χ2n) is 4.77. The summed E-state index contributed by atoms with van der Waals surface area (Å²) in [6.07, 6.45) is 0.944. The minimum atomic E-state index is -1.09. The average Bonchev–Trinajstić information content (AvgIpc) is 2.40. The summed E-state index contributed by atoms with van der Waals surface area (Å²) in [4.78, 5) is 35.7. The van der Waals surface area contributed by atoms with Gasteiger partial charge >= 0.3 is 12.2 Å². The van der Waals surface area contributed by atoms with Crippen LogP contribution in [0.2, 0.25) is 0 Å². The molecule has 20 heavy (non-hydrogen) atoms. The number of ether oxygens (including phenoxy) is 2. The standard InChI is InChI=1S/C13H22N2O5/c1-4-19-11(17)14-15(12(18)20-5-2)13(3)9-7-6-8-10(13)16/h4-9H2,1-3H3,(H,14,17)/t13-/m0/s1. The van der Waals surface area contributed by atoms with Crippen LogP contribution in [0.5, 0.6) is 0 Å². The van der Waals surface area contributed by atoms with Gasteiger partial charge in [0.25, 0.3) is 0 Å². The van der Waals surface area contributed by atoms with E-state index in [4.69, 9.17) is 9.47 Å². The highest BCUT2D eigenvalue weighted by Gasteiger charge is 2.45. The van der Waals surface area contributed by atoms with E-state index in [0.717, 1.165) is 17.9 Å². The maximum atomic E-state index is 12.2. The number of carbonyl (C=O) groups excluding carboxylic acids is 3. The zero-order valence-corrected chi connectivity index (χ0v) is 12.2. The third kappa shape index (κ3) is 3.61. The van der Waals surface area contributed by atoms with Gasteiger partial charge in [0, 0.05) is 6.42 Å². The molecule has 0 saturated heterocycles. The maximum absolute atomic E-state index is 12.2. The molecule has 1 aliphatic rings. The number of amides is 2. The Morgan fingerprint density at radius 1 is 1.25 bits per heavy atom. The Labute approximate surface area is 118 Å². The van der Waals surface area contributed by atoms with Crippen LogP contribution in [0.3, 0.4) is 0 Å². The summed E-state index contributed by atoms with van der Waals surface area (Å²) in [5.41, 5.74) is 1.23. The molecule has 1 saturated carbocycles. The molecular formula is C13H22N2O5. The number of rotatable bonds is 3. The minimum absolute atomic E-state index is 0.0893. The van der Waals surface area contributed by atoms with Crippen molar-refractivity contribution in [2.24, 2.45) is 0 Å². The number of Topliss-reactive ketones (excluding diaryl/α,β-unsaturated/α-hetero) is 1. The van der Waals surface area contributed by atoms with Crippen molar-refractivity contribution in [3.05, 3.63) is 0 Å². The molecule has 0 aromatic carbocycles. The molecule has 1 atom stereocenters. The Kier molecular flexibility index (Phi) is 5.79. The van der Waals surface area contributed by atoms with Crippen LogP contribution in [0.15, 0.2) is 0 Å². The van der Waals surface area contributed by atoms with Crippen molar-refractivity contribution in [2.75, 3.05) is 13.2 Å². The van der Waals surface area contributed by atoms with Crippen LogP contribution < -0.4 is 5.43 Å². The van der Waals surface area contributed by atoms with E-state index in [9.17, 15) is 14.4 Å². The van der Waals surface area contributed by atoms with E-state index in [1.807, 2.05) is 0 Å². The van der Waals surface area contributed by atoms with Crippen molar-refractivity contribution in [3.63, 3.8) is 0 Å². The van der Waals surface area contributed by atoms with Gasteiger partial charge in [-0.1, -0.05) is 6.42 Å². The lowest BCUT2D eigenvalue weighted by molar-refractivity contribution is -0.133. The average molecular weight is 286 g/mol. The number of ketones is 1. The monoisotopic (exact) mass is 286 g/mol. The third-order valence-electron chi connectivity index (χ3n) is 3.34. The predicted molar refractivity (Wildman–Crippen MR) is 70.9 cm³/mol. The Balaban J connectivity index is 2.93. The molecule has 1 rings (SSSR count). The van der Waals surface area contributed by atoms with Crippen LogP contribution in [0.1, 0.15) is 46.5 Å². The lowest BCUT2D eigenvalue weighted by atomic mass is 9.81. The molecule has 0 radical (unpaired) electrons. The minimum Gasteiger partial charge on any atom is -0.449 e. The van der Waals surface area contributed by atoms with Crippen molar-refractivity contribution < 1.29 is 23.9 Å². The molecule has 0 aromatic heterocycles. The van der Waals surface area contributed by atoms with E-state index < -0.39 is 17.7 Å². The van der Waals surface area contributed by atoms with E-state index in [-0.39, 0.29) is 19.0 Å². The van der Waals surface area contributed by atoms with Crippen LogP contribution >= 0.6 is 0 Å². The lowest BCUT2D eigenvalue weighted by Gasteiger charge is -2.40. The molecule has 1 aliphatic carbocycles. The molecule has 0 aromatic rings. The Morgan fingerprint density at radius 2 is 1.90 bits per heavy atom. The van der Waals surface area contributed by atoms with Crippen LogP contribution in [0.4, 0.5) is 9.59 Å². The van der Waals surface area contributed by atoms with Gasteiger partial charge in [-0.3, -0.25) is 4.79 Å². The van der Waals surface area contributed by atoms with Crippen molar-refractivity contribution in [3.8, 4) is 0 Å². The number of hydrazine groups is 1. The zero-order valence-electron chi connectivity index (χ0n) is 12.2. The van der Waals surface area contributed by atoms with Gasteiger partial charge < -0.3 is 9.47 Å². The first-order valence-electron chi connectivity index (χ1n) is 6.89. The van der Waals surface area contributed by atoms with Gasteiger partial charge in [0.1, 0.15) is 5.54 Å². The van der Waals surface area contributed by atoms with Crippen LogP contribution in [0, 0.1) is 0 Å². The number of nitrogens with zero attached hydrogens (tertiary/aromatic N) is 1. The lowest BCUT2D eigenvalue weighted by Crippen LogP contribution is -2.63. The van der Waals surface area contributed by atoms with Crippen LogP contribution in [-0.4, -0.2) is 41.7 Å². The molecule has 2 amide bonds. The Hall–Kier alpha value is -1.79. The van der Waals surface area contributed by atoms with Crippen molar-refractivity contribution in [1.29, 1.82) is 0 Å². The highest BCUT2D eigenvalue weighted by Crippen LogP contribution is 2.30. The summed E-state index contributed by atoms with van der Waals surface area (Å²) >= 11 is 0. The van der Waals surface area contributed by atoms with Crippen molar-refractivity contribution >= 4 is 18.0 Å². The normalized spacial score (nSPS) is 22.1. The smallest absolute Gasteiger partial charge is 0.429 e. The van der Waals surface area contributed by atoms with Gasteiger partial charge in [0.05, 0.1) is 13.2 Å². The first-order valence-corrected chi connectivity index (χ1v) is 6.89. The topological polar surface area (TPSA) is 84.9 Å². The molecule has 0 spiro atoms. The molecule has 114 valence electrons. The zero-order chi connectivity index (χ0) is 15.2. The SMILES string of the molecule is CCOC(=O)NN(C(=O)OCC)[C@@]1(C)CCCCC1=O. The molecular weight excluding hydrogens is 264 g/mol. The maximum Gasteiger partial charge on any atom is 0.429 e.